The van der Waals surface area contributed by atoms with Crippen molar-refractivity contribution in [3.8, 4) is 11.5 Å². The number of benzene rings is 2. The van der Waals surface area contributed by atoms with Gasteiger partial charge in [0, 0.05) is 16.7 Å². The molecule has 1 N–H and O–H groups in total. The van der Waals surface area contributed by atoms with Crippen LogP contribution in [0.4, 0.5) is 5.69 Å². The van der Waals surface area contributed by atoms with Crippen LogP contribution >= 0.6 is 0 Å². The van der Waals surface area contributed by atoms with Crippen molar-refractivity contribution in [3.05, 3.63) is 59.7 Å². The predicted octanol–water partition coefficient (Wildman–Crippen LogP) is 4.30. The molecule has 26 heavy (non-hydrogen) atoms. The number of ether oxygens (including phenoxy) is 2. The molecular formula is C21H21NO4. The van der Waals surface area contributed by atoms with Gasteiger partial charge in [0.05, 0.1) is 0 Å². The number of anilines is 1. The molecule has 0 aromatic heterocycles. The molecular weight excluding hydrogens is 330 g/mol. The highest BCUT2D eigenvalue weighted by Gasteiger charge is 2.21. The van der Waals surface area contributed by atoms with Gasteiger partial charge in [-0.25, -0.2) is 0 Å². The van der Waals surface area contributed by atoms with E-state index in [1.807, 2.05) is 39.0 Å². The van der Waals surface area contributed by atoms with Crippen molar-refractivity contribution in [2.45, 2.75) is 20.8 Å². The third-order valence-electron chi connectivity index (χ3n) is 3.93. The molecule has 0 spiro atoms. The maximum absolute atomic E-state index is 12.3. The molecule has 0 saturated carbocycles. The lowest BCUT2D eigenvalue weighted by atomic mass is 9.95. The van der Waals surface area contributed by atoms with Crippen LogP contribution in [0.5, 0.6) is 11.5 Å². The molecule has 1 aliphatic rings. The van der Waals surface area contributed by atoms with Gasteiger partial charge in [-0.3, -0.25) is 9.59 Å². The predicted molar refractivity (Wildman–Crippen MR) is 100 cm³/mol. The maximum Gasteiger partial charge on any atom is 0.231 e. The van der Waals surface area contributed by atoms with Crippen LogP contribution in [0.2, 0.25) is 0 Å². The van der Waals surface area contributed by atoms with E-state index in [2.05, 4.69) is 5.32 Å². The van der Waals surface area contributed by atoms with E-state index in [0.717, 1.165) is 5.56 Å². The normalized spacial score (nSPS) is 13.0. The lowest BCUT2D eigenvalue weighted by Gasteiger charge is -2.17. The van der Waals surface area contributed by atoms with Gasteiger partial charge in [0.15, 0.2) is 17.3 Å². The largest absolute Gasteiger partial charge is 0.454 e. The molecule has 0 bridgehead atoms. The summed E-state index contributed by atoms with van der Waals surface area (Å²) in [5.41, 5.74) is 1.61. The number of hydrogen-bond acceptors (Lipinski definition) is 4. The van der Waals surface area contributed by atoms with Crippen LogP contribution in [-0.2, 0) is 4.79 Å². The van der Waals surface area contributed by atoms with Crippen LogP contribution in [0.25, 0.3) is 6.08 Å². The number of rotatable bonds is 4. The molecule has 0 saturated heterocycles. The van der Waals surface area contributed by atoms with Crippen molar-refractivity contribution in [1.82, 2.24) is 0 Å². The zero-order chi connectivity index (χ0) is 18.7. The van der Waals surface area contributed by atoms with Crippen LogP contribution in [0.1, 0.15) is 36.7 Å². The second kappa shape index (κ2) is 7.04. The zero-order valence-electron chi connectivity index (χ0n) is 15.0. The van der Waals surface area contributed by atoms with Gasteiger partial charge >= 0.3 is 0 Å². The summed E-state index contributed by atoms with van der Waals surface area (Å²) < 4.78 is 10.6. The number of fused-ring (bicyclic) bond motifs is 1. The molecule has 134 valence electrons. The number of amides is 1. The van der Waals surface area contributed by atoms with E-state index in [9.17, 15) is 9.59 Å². The second-order valence-electron chi connectivity index (χ2n) is 7.09. The molecule has 3 rings (SSSR count). The first-order chi connectivity index (χ1) is 12.3. The monoisotopic (exact) mass is 351 g/mol. The molecule has 1 heterocycles. The first kappa shape index (κ1) is 17.7. The lowest BCUT2D eigenvalue weighted by Crippen LogP contribution is -2.27. The van der Waals surface area contributed by atoms with Crippen LogP contribution < -0.4 is 14.8 Å². The average Bonchev–Trinajstić information content (AvgIpc) is 3.07. The average molecular weight is 351 g/mol. The SMILES string of the molecule is CC(C)(C)C(=O)Nc1ccc(C(=O)/C=C/c2ccc3c(c2)OCO3)cc1. The Morgan fingerprint density at radius 3 is 2.38 bits per heavy atom. The Bertz CT molecular complexity index is 861. The minimum Gasteiger partial charge on any atom is -0.454 e. The number of ketones is 1. The summed E-state index contributed by atoms with van der Waals surface area (Å²) in [6.45, 7) is 5.77. The molecule has 2 aromatic carbocycles. The standard InChI is InChI=1S/C21H21NO4/c1-21(2,3)20(24)22-16-8-6-15(7-9-16)17(23)10-4-14-5-11-18-19(12-14)26-13-25-18/h4-12H,13H2,1-3H3,(H,22,24)/b10-4+. The number of carbonyl (C=O) groups excluding carboxylic acids is 2. The van der Waals surface area contributed by atoms with E-state index >= 15 is 0 Å². The van der Waals surface area contributed by atoms with Crippen molar-refractivity contribution in [1.29, 1.82) is 0 Å². The van der Waals surface area contributed by atoms with Crippen molar-refractivity contribution in [3.63, 3.8) is 0 Å². The Morgan fingerprint density at radius 1 is 1.00 bits per heavy atom. The zero-order valence-corrected chi connectivity index (χ0v) is 15.0. The summed E-state index contributed by atoms with van der Waals surface area (Å²) in [7, 11) is 0. The highest BCUT2D eigenvalue weighted by atomic mass is 16.7. The third kappa shape index (κ3) is 4.11. The quantitative estimate of drug-likeness (QED) is 0.659. The van der Waals surface area contributed by atoms with E-state index < -0.39 is 5.41 Å². The second-order valence-corrected chi connectivity index (χ2v) is 7.09. The van der Waals surface area contributed by atoms with Gasteiger partial charge < -0.3 is 14.8 Å². The number of nitrogens with one attached hydrogen (secondary N) is 1. The topological polar surface area (TPSA) is 64.6 Å². The smallest absolute Gasteiger partial charge is 0.231 e. The van der Waals surface area contributed by atoms with Crippen molar-refractivity contribution in [2.75, 3.05) is 12.1 Å². The molecule has 2 aromatic rings. The minimum atomic E-state index is -0.470. The van der Waals surface area contributed by atoms with E-state index in [1.54, 1.807) is 30.3 Å². The first-order valence-electron chi connectivity index (χ1n) is 8.36. The highest BCUT2D eigenvalue weighted by molar-refractivity contribution is 6.07. The van der Waals surface area contributed by atoms with Crippen LogP contribution in [0, 0.1) is 5.41 Å². The van der Waals surface area contributed by atoms with Gasteiger partial charge in [0.25, 0.3) is 0 Å². The summed E-state index contributed by atoms with van der Waals surface area (Å²) in [6, 6.07) is 12.4. The van der Waals surface area contributed by atoms with Gasteiger partial charge in [-0.2, -0.15) is 0 Å². The fourth-order valence-electron chi connectivity index (χ4n) is 2.32. The molecule has 1 aliphatic heterocycles. The lowest BCUT2D eigenvalue weighted by molar-refractivity contribution is -0.123. The van der Waals surface area contributed by atoms with Crippen LogP contribution in [0.3, 0.4) is 0 Å². The van der Waals surface area contributed by atoms with Gasteiger partial charge in [0.1, 0.15) is 0 Å². The fraction of sp³-hybridized carbons (Fsp3) is 0.238. The molecule has 1 amide bonds. The third-order valence-corrected chi connectivity index (χ3v) is 3.93. The minimum absolute atomic E-state index is 0.0701. The molecule has 0 atom stereocenters. The molecule has 5 heteroatoms. The summed E-state index contributed by atoms with van der Waals surface area (Å²) in [6.07, 6.45) is 3.25. The van der Waals surface area contributed by atoms with Crippen LogP contribution in [-0.4, -0.2) is 18.5 Å². The van der Waals surface area contributed by atoms with Gasteiger partial charge in [0.2, 0.25) is 12.7 Å². The number of hydrogen-bond donors (Lipinski definition) is 1. The van der Waals surface area contributed by atoms with Gasteiger partial charge in [-0.15, -0.1) is 0 Å². The summed E-state index contributed by atoms with van der Waals surface area (Å²) >= 11 is 0. The Kier molecular flexibility index (Phi) is 4.80. The Morgan fingerprint density at radius 2 is 1.69 bits per heavy atom. The van der Waals surface area contributed by atoms with Gasteiger partial charge in [-0.05, 0) is 48.0 Å². The van der Waals surface area contributed by atoms with E-state index in [4.69, 9.17) is 9.47 Å². The van der Waals surface area contributed by atoms with E-state index in [0.29, 0.717) is 22.7 Å². The number of allylic oxidation sites excluding steroid dienone is 1. The molecule has 0 fully saturated rings. The summed E-state index contributed by atoms with van der Waals surface area (Å²) in [5, 5.41) is 2.84. The number of carbonyl (C=O) groups is 2. The van der Waals surface area contributed by atoms with Crippen molar-refractivity contribution in [2.24, 2.45) is 5.41 Å². The van der Waals surface area contributed by atoms with Crippen molar-refractivity contribution < 1.29 is 19.1 Å². The maximum atomic E-state index is 12.3. The summed E-state index contributed by atoms with van der Waals surface area (Å²) in [4.78, 5) is 24.3. The van der Waals surface area contributed by atoms with E-state index in [1.165, 1.54) is 6.08 Å². The molecule has 0 unspecified atom stereocenters. The summed E-state index contributed by atoms with van der Waals surface area (Å²) in [5.74, 6) is 1.20. The van der Waals surface area contributed by atoms with Gasteiger partial charge in [-0.1, -0.05) is 32.9 Å². The highest BCUT2D eigenvalue weighted by Crippen LogP contribution is 2.32. The van der Waals surface area contributed by atoms with Crippen LogP contribution in [0.15, 0.2) is 48.5 Å². The first-order valence-corrected chi connectivity index (χ1v) is 8.36. The Balaban J connectivity index is 1.65. The fourth-order valence-corrected chi connectivity index (χ4v) is 2.32. The van der Waals surface area contributed by atoms with E-state index in [-0.39, 0.29) is 18.5 Å². The molecule has 0 radical (unpaired) electrons. The van der Waals surface area contributed by atoms with Crippen molar-refractivity contribution >= 4 is 23.5 Å². The Hall–Kier alpha value is -3.08. The molecule has 0 aliphatic carbocycles. The molecule has 5 nitrogen and oxygen atoms in total. The Labute approximate surface area is 152 Å².